The minimum Gasteiger partial charge on any atom is -0.490 e. The lowest BCUT2D eigenvalue weighted by Gasteiger charge is -2.16. The van der Waals surface area contributed by atoms with Crippen molar-refractivity contribution in [2.75, 3.05) is 11.9 Å². The molecule has 0 fully saturated rings. The standard InChI is InChI=1S/C22H22Cl2N2O3/c1-5-28-20-10-15(9-18(24)21(20)29-13(2)3)8-16(12-25)22(27)26-19-11-17(23)7-6-14(19)4/h6-11,13H,5H2,1-4H3,(H,26,27)/b16-8+. The number of anilines is 1. The second-order valence-electron chi connectivity index (χ2n) is 6.51. The zero-order chi connectivity index (χ0) is 21.6. The van der Waals surface area contributed by atoms with Crippen LogP contribution in [-0.2, 0) is 4.79 Å². The van der Waals surface area contributed by atoms with E-state index in [4.69, 9.17) is 32.7 Å². The lowest BCUT2D eigenvalue weighted by molar-refractivity contribution is -0.112. The second kappa shape index (κ2) is 10.2. The highest BCUT2D eigenvalue weighted by Crippen LogP contribution is 2.38. The van der Waals surface area contributed by atoms with Crippen LogP contribution in [0.2, 0.25) is 10.0 Å². The fourth-order valence-corrected chi connectivity index (χ4v) is 2.95. The molecule has 0 aliphatic carbocycles. The second-order valence-corrected chi connectivity index (χ2v) is 7.36. The van der Waals surface area contributed by atoms with Gasteiger partial charge in [0.2, 0.25) is 0 Å². The van der Waals surface area contributed by atoms with Crippen molar-refractivity contribution in [3.05, 3.63) is 57.1 Å². The first-order valence-electron chi connectivity index (χ1n) is 9.07. The van der Waals surface area contributed by atoms with E-state index in [1.54, 1.807) is 30.3 Å². The molecular weight excluding hydrogens is 411 g/mol. The highest BCUT2D eigenvalue weighted by Gasteiger charge is 2.16. The first-order valence-corrected chi connectivity index (χ1v) is 9.83. The first kappa shape index (κ1) is 22.6. The Balaban J connectivity index is 2.37. The van der Waals surface area contributed by atoms with E-state index < -0.39 is 5.91 Å². The zero-order valence-electron chi connectivity index (χ0n) is 16.7. The third-order valence-corrected chi connectivity index (χ3v) is 4.32. The summed E-state index contributed by atoms with van der Waals surface area (Å²) in [6, 6.07) is 10.4. The summed E-state index contributed by atoms with van der Waals surface area (Å²) in [6.45, 7) is 7.86. The SMILES string of the molecule is CCOc1cc(/C=C(\C#N)C(=O)Nc2cc(Cl)ccc2C)cc(Cl)c1OC(C)C. The molecule has 1 N–H and O–H groups in total. The third kappa shape index (κ3) is 6.15. The maximum Gasteiger partial charge on any atom is 0.266 e. The average molecular weight is 433 g/mol. The van der Waals surface area contributed by atoms with Crippen molar-refractivity contribution in [2.24, 2.45) is 0 Å². The molecule has 2 rings (SSSR count). The monoisotopic (exact) mass is 432 g/mol. The molecule has 0 saturated carbocycles. The Hall–Kier alpha value is -2.68. The van der Waals surface area contributed by atoms with Gasteiger partial charge in [-0.1, -0.05) is 29.3 Å². The van der Waals surface area contributed by atoms with Crippen molar-refractivity contribution in [3.8, 4) is 17.6 Å². The number of aryl methyl sites for hydroxylation is 1. The predicted molar refractivity (Wildman–Crippen MR) is 117 cm³/mol. The first-order chi connectivity index (χ1) is 13.7. The van der Waals surface area contributed by atoms with Gasteiger partial charge in [0.1, 0.15) is 11.6 Å². The maximum absolute atomic E-state index is 12.6. The molecule has 0 radical (unpaired) electrons. The molecule has 2 aromatic carbocycles. The van der Waals surface area contributed by atoms with E-state index >= 15 is 0 Å². The molecule has 0 heterocycles. The summed E-state index contributed by atoms with van der Waals surface area (Å²) in [5, 5.41) is 13.0. The highest BCUT2D eigenvalue weighted by atomic mass is 35.5. The number of carbonyl (C=O) groups is 1. The van der Waals surface area contributed by atoms with Gasteiger partial charge in [-0.15, -0.1) is 0 Å². The fraction of sp³-hybridized carbons (Fsp3) is 0.273. The van der Waals surface area contributed by atoms with E-state index in [2.05, 4.69) is 5.32 Å². The van der Waals surface area contributed by atoms with Crippen LogP contribution in [0, 0.1) is 18.3 Å². The van der Waals surface area contributed by atoms with Gasteiger partial charge >= 0.3 is 0 Å². The van der Waals surface area contributed by atoms with Gasteiger partial charge in [0.25, 0.3) is 5.91 Å². The Morgan fingerprint density at radius 1 is 1.28 bits per heavy atom. The molecule has 0 saturated heterocycles. The quantitative estimate of drug-likeness (QED) is 0.427. The van der Waals surface area contributed by atoms with Crippen LogP contribution in [0.25, 0.3) is 6.08 Å². The topological polar surface area (TPSA) is 71.3 Å². The zero-order valence-corrected chi connectivity index (χ0v) is 18.2. The number of hydrogen-bond acceptors (Lipinski definition) is 4. The van der Waals surface area contributed by atoms with Gasteiger partial charge in [0, 0.05) is 10.7 Å². The Bertz CT molecular complexity index is 979. The molecule has 29 heavy (non-hydrogen) atoms. The van der Waals surface area contributed by atoms with Crippen molar-refractivity contribution < 1.29 is 14.3 Å². The van der Waals surface area contributed by atoms with Gasteiger partial charge in [0.05, 0.1) is 17.7 Å². The predicted octanol–water partition coefficient (Wildman–Crippen LogP) is 6.03. The van der Waals surface area contributed by atoms with Gasteiger partial charge in [-0.2, -0.15) is 5.26 Å². The summed E-state index contributed by atoms with van der Waals surface area (Å²) in [7, 11) is 0. The lowest BCUT2D eigenvalue weighted by atomic mass is 10.1. The largest absolute Gasteiger partial charge is 0.490 e. The minimum atomic E-state index is -0.547. The van der Waals surface area contributed by atoms with Crippen LogP contribution in [0.3, 0.4) is 0 Å². The smallest absolute Gasteiger partial charge is 0.266 e. The summed E-state index contributed by atoms with van der Waals surface area (Å²) in [4.78, 5) is 12.6. The fourth-order valence-electron chi connectivity index (χ4n) is 2.52. The molecule has 5 nitrogen and oxygen atoms in total. The summed E-state index contributed by atoms with van der Waals surface area (Å²) in [6.07, 6.45) is 1.36. The van der Waals surface area contributed by atoms with E-state index in [1.165, 1.54) is 6.08 Å². The van der Waals surface area contributed by atoms with Gasteiger partial charge in [0.15, 0.2) is 11.5 Å². The molecule has 0 aromatic heterocycles. The number of nitriles is 1. The molecule has 0 aliphatic rings. The van der Waals surface area contributed by atoms with Crippen molar-refractivity contribution in [3.63, 3.8) is 0 Å². The molecular formula is C22H22Cl2N2O3. The van der Waals surface area contributed by atoms with Crippen LogP contribution < -0.4 is 14.8 Å². The van der Waals surface area contributed by atoms with Crippen LogP contribution in [-0.4, -0.2) is 18.6 Å². The highest BCUT2D eigenvalue weighted by molar-refractivity contribution is 6.32. The molecule has 0 spiro atoms. The summed E-state index contributed by atoms with van der Waals surface area (Å²) in [5.74, 6) is 0.330. The van der Waals surface area contributed by atoms with Crippen LogP contribution in [0.1, 0.15) is 31.9 Å². The number of halogens is 2. The Labute approximate surface area is 180 Å². The molecule has 7 heteroatoms. The van der Waals surface area contributed by atoms with Crippen LogP contribution in [0.5, 0.6) is 11.5 Å². The summed E-state index contributed by atoms with van der Waals surface area (Å²) in [5.41, 5.74) is 1.83. The number of carbonyl (C=O) groups excluding carboxylic acids is 1. The molecule has 2 aromatic rings. The Morgan fingerprint density at radius 3 is 2.62 bits per heavy atom. The Kier molecular flexibility index (Phi) is 7.95. The molecule has 0 unspecified atom stereocenters. The number of rotatable bonds is 7. The van der Waals surface area contributed by atoms with E-state index in [9.17, 15) is 10.1 Å². The molecule has 0 aliphatic heterocycles. The minimum absolute atomic E-state index is 0.0829. The number of ether oxygens (including phenoxy) is 2. The number of hydrogen-bond donors (Lipinski definition) is 1. The average Bonchev–Trinajstić information content (AvgIpc) is 2.65. The lowest BCUT2D eigenvalue weighted by Crippen LogP contribution is -2.14. The molecule has 0 bridgehead atoms. The van der Waals surface area contributed by atoms with Crippen molar-refractivity contribution >= 4 is 40.9 Å². The van der Waals surface area contributed by atoms with Gasteiger partial charge in [-0.05, 0) is 69.2 Å². The number of nitrogens with one attached hydrogen (secondary N) is 1. The van der Waals surface area contributed by atoms with Gasteiger partial charge < -0.3 is 14.8 Å². The number of nitrogens with zero attached hydrogens (tertiary/aromatic N) is 1. The Morgan fingerprint density at radius 2 is 2.00 bits per heavy atom. The maximum atomic E-state index is 12.6. The number of amides is 1. The van der Waals surface area contributed by atoms with Crippen LogP contribution >= 0.6 is 23.2 Å². The van der Waals surface area contributed by atoms with Crippen molar-refractivity contribution in [2.45, 2.75) is 33.8 Å². The van der Waals surface area contributed by atoms with E-state index in [-0.39, 0.29) is 11.7 Å². The molecule has 1 amide bonds. The van der Waals surface area contributed by atoms with Gasteiger partial charge in [-0.25, -0.2) is 0 Å². The molecule has 152 valence electrons. The van der Waals surface area contributed by atoms with E-state index in [0.29, 0.717) is 39.4 Å². The van der Waals surface area contributed by atoms with Crippen LogP contribution in [0.4, 0.5) is 5.69 Å². The summed E-state index contributed by atoms with van der Waals surface area (Å²) < 4.78 is 11.4. The summed E-state index contributed by atoms with van der Waals surface area (Å²) >= 11 is 12.3. The van der Waals surface area contributed by atoms with Crippen LogP contribution in [0.15, 0.2) is 35.9 Å². The molecule has 0 atom stereocenters. The van der Waals surface area contributed by atoms with Crippen molar-refractivity contribution in [1.82, 2.24) is 0 Å². The number of benzene rings is 2. The van der Waals surface area contributed by atoms with E-state index in [0.717, 1.165) is 5.56 Å². The van der Waals surface area contributed by atoms with Gasteiger partial charge in [-0.3, -0.25) is 4.79 Å². The van der Waals surface area contributed by atoms with Crippen molar-refractivity contribution in [1.29, 1.82) is 5.26 Å². The van der Waals surface area contributed by atoms with E-state index in [1.807, 2.05) is 33.8 Å². The third-order valence-electron chi connectivity index (χ3n) is 3.81. The normalized spacial score (nSPS) is 11.2.